The lowest BCUT2D eigenvalue weighted by molar-refractivity contribution is -0.134. The van der Waals surface area contributed by atoms with E-state index in [0.717, 1.165) is 76.9 Å². The second-order valence-corrected chi connectivity index (χ2v) is 17.4. The lowest BCUT2D eigenvalue weighted by Crippen LogP contribution is -2.53. The van der Waals surface area contributed by atoms with Gasteiger partial charge < -0.3 is 25.6 Å². The molecule has 13 heteroatoms. The van der Waals surface area contributed by atoms with Crippen molar-refractivity contribution in [3.63, 3.8) is 0 Å². The SMILES string of the molecule is COC(=O)N[C@H](C(=O)N1CCC[C@H]1C1=NC=C(c2ccc(-c3ccc(C4=CN=C([C@@H]5C6CCC(C6)[C@H]5C(=O)N[C@@H](C(=O)NCC(F)F)C(C)C)C4)cc3)cc2)C1)C(C)C. The Balaban J connectivity index is 0.943. The maximum Gasteiger partial charge on any atom is 0.407 e. The summed E-state index contributed by atoms with van der Waals surface area (Å²) in [4.78, 5) is 63.6. The van der Waals surface area contributed by atoms with Gasteiger partial charge in [-0.05, 0) is 89.2 Å². The van der Waals surface area contributed by atoms with Crippen molar-refractivity contribution >= 4 is 46.4 Å². The molecule has 4 amide bonds. The average molecular weight is 811 g/mol. The molecular weight excluding hydrogens is 755 g/mol. The van der Waals surface area contributed by atoms with E-state index >= 15 is 0 Å². The smallest absolute Gasteiger partial charge is 0.407 e. The molecule has 5 aliphatic rings. The number of hydrogen-bond donors (Lipinski definition) is 3. The van der Waals surface area contributed by atoms with Crippen molar-refractivity contribution in [1.82, 2.24) is 20.9 Å². The minimum atomic E-state index is -2.66. The summed E-state index contributed by atoms with van der Waals surface area (Å²) in [5, 5.41) is 7.92. The fourth-order valence-electron chi connectivity index (χ4n) is 9.88. The molecule has 2 aromatic rings. The molecule has 0 spiro atoms. The summed E-state index contributed by atoms with van der Waals surface area (Å²) in [7, 11) is 1.29. The third-order valence-corrected chi connectivity index (χ3v) is 13.0. The van der Waals surface area contributed by atoms with Gasteiger partial charge >= 0.3 is 6.09 Å². The Morgan fingerprint density at radius 1 is 0.763 bits per heavy atom. The number of nitrogens with one attached hydrogen (secondary N) is 3. The molecule has 0 aromatic heterocycles. The maximum atomic E-state index is 13.8. The predicted molar refractivity (Wildman–Crippen MR) is 224 cm³/mol. The Hall–Kier alpha value is -5.20. The molecule has 1 saturated heterocycles. The van der Waals surface area contributed by atoms with Crippen molar-refractivity contribution in [2.45, 2.75) is 97.2 Å². The van der Waals surface area contributed by atoms with Crippen LogP contribution >= 0.6 is 0 Å². The quantitative estimate of drug-likeness (QED) is 0.184. The van der Waals surface area contributed by atoms with E-state index in [1.54, 1.807) is 13.8 Å². The first-order valence-electron chi connectivity index (χ1n) is 21.1. The number of carbonyl (C=O) groups excluding carboxylic acids is 4. The predicted octanol–water partition coefficient (Wildman–Crippen LogP) is 7.28. The minimum absolute atomic E-state index is 0.0131. The van der Waals surface area contributed by atoms with E-state index in [0.29, 0.717) is 25.3 Å². The third kappa shape index (κ3) is 9.04. The van der Waals surface area contributed by atoms with Gasteiger partial charge in [0, 0.05) is 55.0 Å². The van der Waals surface area contributed by atoms with Crippen molar-refractivity contribution in [3.8, 4) is 11.1 Å². The lowest BCUT2D eigenvalue weighted by Gasteiger charge is -2.32. The summed E-state index contributed by atoms with van der Waals surface area (Å²) in [5.41, 5.74) is 8.49. The number of hydrogen-bond acceptors (Lipinski definition) is 7. The number of aliphatic imine (C=N–C) groups is 2. The number of fused-ring (bicyclic) bond motifs is 2. The molecule has 7 rings (SSSR count). The van der Waals surface area contributed by atoms with E-state index in [1.165, 1.54) is 7.11 Å². The fraction of sp³-hybridized carbons (Fsp3) is 0.522. The molecule has 7 atom stereocenters. The highest BCUT2D eigenvalue weighted by Gasteiger charge is 2.53. The molecule has 2 saturated carbocycles. The van der Waals surface area contributed by atoms with Crippen LogP contribution in [0.5, 0.6) is 0 Å². The molecular formula is C46H56F2N6O5. The van der Waals surface area contributed by atoms with E-state index in [2.05, 4.69) is 64.5 Å². The summed E-state index contributed by atoms with van der Waals surface area (Å²) in [6, 6.07) is 15.3. The zero-order chi connectivity index (χ0) is 42.0. The number of amides is 4. The molecule has 59 heavy (non-hydrogen) atoms. The second-order valence-electron chi connectivity index (χ2n) is 17.4. The number of likely N-dealkylation sites (tertiary alicyclic amines) is 1. The number of alkyl halides is 2. The van der Waals surface area contributed by atoms with Crippen molar-refractivity contribution in [2.75, 3.05) is 20.2 Å². The van der Waals surface area contributed by atoms with Gasteiger partial charge in [-0.3, -0.25) is 24.4 Å². The lowest BCUT2D eigenvalue weighted by atomic mass is 9.74. The van der Waals surface area contributed by atoms with Crippen molar-refractivity contribution in [3.05, 3.63) is 72.1 Å². The highest BCUT2D eigenvalue weighted by Crippen LogP contribution is 2.54. The van der Waals surface area contributed by atoms with Gasteiger partial charge in [-0.15, -0.1) is 0 Å². The standard InChI is InChI=1S/C46H56F2N6O5/c1-25(2)41(44(56)51-24-38(47)48)52-43(55)40-32-17-16-31(19-32)39(40)36-21-34(23-50-36)30-14-10-28(11-15-30)27-8-12-29(13-9-27)33-20-35(49-22-33)37-7-6-18-54(37)45(57)42(26(3)4)53-46(58)59-5/h8-15,22-23,25-26,31-32,37-42H,6-7,16-21,24H2,1-5H3,(H,51,56)(H,52,55)(H,53,58)/t31?,32?,37-,39-,40+,41+,42-/m0/s1. The van der Waals surface area contributed by atoms with Gasteiger partial charge in [0.15, 0.2) is 0 Å². The van der Waals surface area contributed by atoms with Gasteiger partial charge in [0.1, 0.15) is 12.1 Å². The number of halogens is 2. The summed E-state index contributed by atoms with van der Waals surface area (Å²) in [5.74, 6) is -0.959. The fourth-order valence-corrected chi connectivity index (χ4v) is 9.88. The van der Waals surface area contributed by atoms with Crippen LogP contribution in [0.2, 0.25) is 0 Å². The average Bonchev–Trinajstić information content (AvgIpc) is 4.09. The summed E-state index contributed by atoms with van der Waals surface area (Å²) >= 11 is 0. The first-order valence-corrected chi connectivity index (χ1v) is 21.1. The number of ether oxygens (including phenoxy) is 1. The second kappa shape index (κ2) is 18.0. The van der Waals surface area contributed by atoms with E-state index in [4.69, 9.17) is 14.7 Å². The van der Waals surface area contributed by atoms with E-state index in [-0.39, 0.29) is 47.4 Å². The number of rotatable bonds is 14. The van der Waals surface area contributed by atoms with Crippen LogP contribution in [-0.4, -0.2) is 84.9 Å². The highest BCUT2D eigenvalue weighted by molar-refractivity contribution is 6.04. The van der Waals surface area contributed by atoms with Crippen LogP contribution < -0.4 is 16.0 Å². The van der Waals surface area contributed by atoms with Gasteiger partial charge in [-0.1, -0.05) is 76.2 Å². The van der Waals surface area contributed by atoms with Crippen LogP contribution in [0.3, 0.4) is 0 Å². The first kappa shape index (κ1) is 41.9. The third-order valence-electron chi connectivity index (χ3n) is 13.0. The Labute approximate surface area is 345 Å². The van der Waals surface area contributed by atoms with Gasteiger partial charge in [0.2, 0.25) is 17.7 Å². The topological polar surface area (TPSA) is 142 Å². The van der Waals surface area contributed by atoms with Crippen LogP contribution in [0.25, 0.3) is 22.3 Å². The monoisotopic (exact) mass is 810 g/mol. The Kier molecular flexibility index (Phi) is 12.8. The summed E-state index contributed by atoms with van der Waals surface area (Å²) in [6.07, 6.45) is 6.55. The molecule has 314 valence electrons. The normalized spacial score (nSPS) is 24.5. The van der Waals surface area contributed by atoms with E-state index in [9.17, 15) is 28.0 Å². The first-order chi connectivity index (χ1) is 28.3. The Morgan fingerprint density at radius 2 is 1.32 bits per heavy atom. The number of carbonyl (C=O) groups is 4. The van der Waals surface area contributed by atoms with Gasteiger partial charge in [0.25, 0.3) is 6.43 Å². The van der Waals surface area contributed by atoms with Gasteiger partial charge in [0.05, 0.1) is 19.7 Å². The Bertz CT molecular complexity index is 2040. The minimum Gasteiger partial charge on any atom is -0.453 e. The Morgan fingerprint density at radius 3 is 1.90 bits per heavy atom. The number of methoxy groups -OCH3 is 1. The van der Waals surface area contributed by atoms with Crippen LogP contribution in [0.1, 0.15) is 83.8 Å². The highest BCUT2D eigenvalue weighted by atomic mass is 19.3. The van der Waals surface area contributed by atoms with Crippen molar-refractivity contribution in [1.29, 1.82) is 0 Å². The maximum absolute atomic E-state index is 13.8. The molecule has 0 radical (unpaired) electrons. The van der Waals surface area contributed by atoms with E-state index < -0.39 is 37.1 Å². The molecule has 3 heterocycles. The molecule has 3 fully saturated rings. The zero-order valence-corrected chi connectivity index (χ0v) is 34.5. The molecule has 2 aromatic carbocycles. The van der Waals surface area contributed by atoms with Crippen molar-refractivity contribution < 1.29 is 32.7 Å². The summed E-state index contributed by atoms with van der Waals surface area (Å²) in [6.45, 7) is 7.31. The van der Waals surface area contributed by atoms with Crippen LogP contribution in [-0.2, 0) is 19.1 Å². The summed E-state index contributed by atoms with van der Waals surface area (Å²) < 4.78 is 30.4. The van der Waals surface area contributed by atoms with Gasteiger partial charge in [-0.2, -0.15) is 0 Å². The number of benzene rings is 2. The molecule has 2 aliphatic carbocycles. The van der Waals surface area contributed by atoms with Crippen LogP contribution in [0, 0.1) is 35.5 Å². The molecule has 3 N–H and O–H groups in total. The number of allylic oxidation sites excluding steroid dienone is 2. The zero-order valence-electron chi connectivity index (χ0n) is 34.5. The van der Waals surface area contributed by atoms with E-state index in [1.807, 2.05) is 31.1 Å². The molecule has 2 bridgehead atoms. The number of alkyl carbamates (subject to hydrolysis) is 1. The molecule has 3 aliphatic heterocycles. The number of nitrogens with zero attached hydrogens (tertiary/aromatic N) is 3. The largest absolute Gasteiger partial charge is 0.453 e. The van der Waals surface area contributed by atoms with Gasteiger partial charge in [-0.25, -0.2) is 13.6 Å². The van der Waals surface area contributed by atoms with Crippen molar-refractivity contribution in [2.24, 2.45) is 45.5 Å². The van der Waals surface area contributed by atoms with Crippen LogP contribution in [0.4, 0.5) is 13.6 Å². The molecule has 11 nitrogen and oxygen atoms in total. The molecule has 2 unspecified atom stereocenters. The van der Waals surface area contributed by atoms with Crippen LogP contribution in [0.15, 0.2) is 70.9 Å².